The number of nitrogens with zero attached hydrogens (tertiary/aromatic N) is 3. The Kier molecular flexibility index (Phi) is 6.10. The Bertz CT molecular complexity index is 987. The first-order valence-corrected chi connectivity index (χ1v) is 11.5. The molecule has 0 unspecified atom stereocenters. The smallest absolute Gasteiger partial charge is 0.128 e. The van der Waals surface area contributed by atoms with Crippen LogP contribution in [0.25, 0.3) is 0 Å². The van der Waals surface area contributed by atoms with Crippen molar-refractivity contribution < 1.29 is 4.74 Å². The van der Waals surface area contributed by atoms with Crippen LogP contribution in [0, 0.1) is 0 Å². The van der Waals surface area contributed by atoms with E-state index in [4.69, 9.17) is 16.3 Å². The second kappa shape index (κ2) is 9.29. The molecule has 2 aliphatic rings. The number of benzene rings is 2. The molecule has 5 heteroatoms. The van der Waals surface area contributed by atoms with Gasteiger partial charge in [-0.1, -0.05) is 48.0 Å². The molecule has 0 N–H and O–H groups in total. The molecule has 31 heavy (non-hydrogen) atoms. The Morgan fingerprint density at radius 1 is 0.935 bits per heavy atom. The molecule has 1 atom stereocenters. The number of para-hydroxylation sites is 1. The maximum Gasteiger partial charge on any atom is 0.128 e. The van der Waals surface area contributed by atoms with Crippen molar-refractivity contribution in [1.82, 2.24) is 9.88 Å². The third-order valence-corrected chi connectivity index (χ3v) is 6.77. The molecular weight excluding hydrogens is 406 g/mol. The van der Waals surface area contributed by atoms with Gasteiger partial charge in [-0.15, -0.1) is 0 Å². The predicted octanol–water partition coefficient (Wildman–Crippen LogP) is 5.21. The Morgan fingerprint density at radius 3 is 2.48 bits per heavy atom. The van der Waals surface area contributed by atoms with E-state index in [0.717, 1.165) is 55.5 Å². The Morgan fingerprint density at radius 2 is 1.71 bits per heavy atom. The fraction of sp³-hybridized carbons (Fsp3) is 0.346. The van der Waals surface area contributed by atoms with E-state index in [9.17, 15) is 0 Å². The topological polar surface area (TPSA) is 28.6 Å². The molecular formula is C26H28ClN3O. The van der Waals surface area contributed by atoms with Crippen LogP contribution in [0.5, 0.6) is 5.75 Å². The minimum Gasteiger partial charge on any atom is -0.492 e. The molecule has 0 saturated carbocycles. The van der Waals surface area contributed by atoms with Gasteiger partial charge in [-0.05, 0) is 55.2 Å². The van der Waals surface area contributed by atoms with Gasteiger partial charge in [0.15, 0.2) is 0 Å². The number of fused-ring (bicyclic) bond motifs is 1. The van der Waals surface area contributed by atoms with E-state index in [-0.39, 0.29) is 0 Å². The second-order valence-electron chi connectivity index (χ2n) is 8.48. The van der Waals surface area contributed by atoms with Crippen LogP contribution in [0.4, 0.5) is 5.82 Å². The molecule has 5 rings (SSSR count). The van der Waals surface area contributed by atoms with Gasteiger partial charge in [0.2, 0.25) is 0 Å². The molecule has 1 fully saturated rings. The van der Waals surface area contributed by atoms with Crippen molar-refractivity contribution in [2.75, 3.05) is 24.6 Å². The van der Waals surface area contributed by atoms with Crippen LogP contribution in [0.2, 0.25) is 5.02 Å². The standard InChI is InChI=1S/C26H28ClN3O/c27-22-10-8-20(9-11-22)17-24-19-31-25-6-2-1-5-21(25)18-30(24)23-12-15-29(16-13-23)26-7-3-4-14-28-26/h1-11,14,23-24H,12-13,15-19H2/t24-/m0/s1. The van der Waals surface area contributed by atoms with Gasteiger partial charge >= 0.3 is 0 Å². The van der Waals surface area contributed by atoms with E-state index in [1.807, 2.05) is 24.4 Å². The number of aromatic nitrogens is 1. The number of halogens is 1. The lowest BCUT2D eigenvalue weighted by molar-refractivity contribution is 0.0834. The van der Waals surface area contributed by atoms with Gasteiger partial charge in [0.05, 0.1) is 0 Å². The van der Waals surface area contributed by atoms with Crippen molar-refractivity contribution in [2.45, 2.75) is 37.9 Å². The molecule has 0 bridgehead atoms. The zero-order chi connectivity index (χ0) is 21.0. The number of rotatable bonds is 4. The van der Waals surface area contributed by atoms with Gasteiger partial charge in [0.1, 0.15) is 18.2 Å². The van der Waals surface area contributed by atoms with Gasteiger partial charge in [-0.2, -0.15) is 0 Å². The van der Waals surface area contributed by atoms with Crippen molar-refractivity contribution in [2.24, 2.45) is 0 Å². The molecule has 4 nitrogen and oxygen atoms in total. The van der Waals surface area contributed by atoms with Crippen molar-refractivity contribution in [3.63, 3.8) is 0 Å². The van der Waals surface area contributed by atoms with E-state index in [2.05, 4.69) is 63.3 Å². The number of pyridine rings is 1. The maximum atomic E-state index is 6.28. The van der Waals surface area contributed by atoms with Gasteiger partial charge in [0, 0.05) is 48.5 Å². The highest BCUT2D eigenvalue weighted by molar-refractivity contribution is 6.30. The summed E-state index contributed by atoms with van der Waals surface area (Å²) in [5.41, 5.74) is 2.59. The van der Waals surface area contributed by atoms with Crippen LogP contribution in [0.3, 0.4) is 0 Å². The van der Waals surface area contributed by atoms with Crippen LogP contribution in [-0.4, -0.2) is 41.7 Å². The summed E-state index contributed by atoms with van der Waals surface area (Å²) in [4.78, 5) is 9.64. The number of hydrogen-bond acceptors (Lipinski definition) is 4. The van der Waals surface area contributed by atoms with E-state index in [1.54, 1.807) is 0 Å². The van der Waals surface area contributed by atoms with Gasteiger partial charge in [-0.25, -0.2) is 4.98 Å². The Labute approximate surface area is 189 Å². The van der Waals surface area contributed by atoms with Crippen molar-refractivity contribution >= 4 is 17.4 Å². The first-order chi connectivity index (χ1) is 15.3. The van der Waals surface area contributed by atoms with Crippen molar-refractivity contribution in [1.29, 1.82) is 0 Å². The van der Waals surface area contributed by atoms with E-state index < -0.39 is 0 Å². The second-order valence-corrected chi connectivity index (χ2v) is 8.92. The van der Waals surface area contributed by atoms with Gasteiger partial charge < -0.3 is 9.64 Å². The summed E-state index contributed by atoms with van der Waals surface area (Å²) >= 11 is 6.11. The van der Waals surface area contributed by atoms with Crippen molar-refractivity contribution in [3.05, 3.63) is 89.1 Å². The highest BCUT2D eigenvalue weighted by Gasteiger charge is 2.33. The molecule has 0 aliphatic carbocycles. The molecule has 1 aromatic heterocycles. The van der Waals surface area contributed by atoms with E-state index in [1.165, 1.54) is 11.1 Å². The quantitative estimate of drug-likeness (QED) is 0.564. The maximum absolute atomic E-state index is 6.28. The van der Waals surface area contributed by atoms with Crippen LogP contribution < -0.4 is 9.64 Å². The predicted molar refractivity (Wildman–Crippen MR) is 126 cm³/mol. The number of ether oxygens (including phenoxy) is 1. The average Bonchev–Trinajstić information content (AvgIpc) is 3.01. The minimum absolute atomic E-state index is 0.333. The number of anilines is 1. The zero-order valence-electron chi connectivity index (χ0n) is 17.7. The van der Waals surface area contributed by atoms with E-state index in [0.29, 0.717) is 18.7 Å². The van der Waals surface area contributed by atoms with Gasteiger partial charge in [0.25, 0.3) is 0 Å². The first-order valence-electron chi connectivity index (χ1n) is 11.1. The lowest BCUT2D eigenvalue weighted by atomic mass is 9.97. The third-order valence-electron chi connectivity index (χ3n) is 6.52. The zero-order valence-corrected chi connectivity index (χ0v) is 18.4. The molecule has 2 aliphatic heterocycles. The van der Waals surface area contributed by atoms with Crippen LogP contribution in [0.15, 0.2) is 72.9 Å². The molecule has 3 heterocycles. The summed E-state index contributed by atoms with van der Waals surface area (Å²) in [6.07, 6.45) is 5.12. The largest absolute Gasteiger partial charge is 0.492 e. The summed E-state index contributed by atoms with van der Waals surface area (Å²) in [6.45, 7) is 3.71. The fourth-order valence-electron chi connectivity index (χ4n) is 4.85. The first kappa shape index (κ1) is 20.3. The van der Waals surface area contributed by atoms with Gasteiger partial charge in [-0.3, -0.25) is 4.90 Å². The SMILES string of the molecule is Clc1ccc(C[C@H]2COc3ccccc3CN2C2CCN(c3ccccn3)CC2)cc1. The highest BCUT2D eigenvalue weighted by Crippen LogP contribution is 2.31. The minimum atomic E-state index is 0.333. The Balaban J connectivity index is 1.35. The average molecular weight is 434 g/mol. The lowest BCUT2D eigenvalue weighted by Crippen LogP contribution is -2.50. The van der Waals surface area contributed by atoms with Crippen molar-refractivity contribution in [3.8, 4) is 5.75 Å². The van der Waals surface area contributed by atoms with Crippen LogP contribution in [0.1, 0.15) is 24.0 Å². The molecule has 0 spiro atoms. The molecule has 0 radical (unpaired) electrons. The molecule has 3 aromatic rings. The fourth-order valence-corrected chi connectivity index (χ4v) is 4.97. The molecule has 2 aromatic carbocycles. The summed E-state index contributed by atoms with van der Waals surface area (Å²) in [6, 6.07) is 23.8. The van der Waals surface area contributed by atoms with Crippen LogP contribution in [-0.2, 0) is 13.0 Å². The molecule has 160 valence electrons. The summed E-state index contributed by atoms with van der Waals surface area (Å²) < 4.78 is 6.28. The normalized spacial score (nSPS) is 20.0. The Hall–Kier alpha value is -2.56. The monoisotopic (exact) mass is 433 g/mol. The lowest BCUT2D eigenvalue weighted by Gasteiger charge is -2.41. The summed E-state index contributed by atoms with van der Waals surface area (Å²) in [5.74, 6) is 2.11. The third kappa shape index (κ3) is 4.70. The van der Waals surface area contributed by atoms with Crippen LogP contribution >= 0.6 is 11.6 Å². The summed E-state index contributed by atoms with van der Waals surface area (Å²) in [5, 5.41) is 0.784. The van der Waals surface area contributed by atoms with E-state index >= 15 is 0 Å². The summed E-state index contributed by atoms with van der Waals surface area (Å²) in [7, 11) is 0. The number of hydrogen-bond donors (Lipinski definition) is 0. The highest BCUT2D eigenvalue weighted by atomic mass is 35.5. The molecule has 1 saturated heterocycles. The molecule has 0 amide bonds. The number of piperidine rings is 1.